The zero-order valence-electron chi connectivity index (χ0n) is 9.06. The molecule has 1 amide bonds. The van der Waals surface area contributed by atoms with Crippen LogP contribution in [-0.4, -0.2) is 34.3 Å². The van der Waals surface area contributed by atoms with Gasteiger partial charge in [0.15, 0.2) is 0 Å². The highest BCUT2D eigenvalue weighted by atomic mass is 16.2. The number of carbonyl (C=O) groups is 1. The summed E-state index contributed by atoms with van der Waals surface area (Å²) in [5.41, 5.74) is 2.20. The number of hydrogen-bond donors (Lipinski definition) is 0. The highest BCUT2D eigenvalue weighted by Gasteiger charge is 2.17. The lowest BCUT2D eigenvalue weighted by molar-refractivity contribution is 0.0820. The molecule has 15 heavy (non-hydrogen) atoms. The monoisotopic (exact) mass is 203 g/mol. The van der Waals surface area contributed by atoms with Crippen molar-refractivity contribution in [2.45, 2.75) is 6.92 Å². The smallest absolute Gasteiger partial charge is 0.272 e. The summed E-state index contributed by atoms with van der Waals surface area (Å²) >= 11 is 0. The zero-order chi connectivity index (χ0) is 11.0. The van der Waals surface area contributed by atoms with Crippen LogP contribution in [0.1, 0.15) is 16.2 Å². The number of hydrogen-bond acceptors (Lipinski definition) is 2. The number of fused-ring (bicyclic) bond motifs is 1. The topological polar surface area (TPSA) is 37.6 Å². The zero-order valence-corrected chi connectivity index (χ0v) is 9.06. The van der Waals surface area contributed by atoms with E-state index in [1.165, 1.54) is 0 Å². The van der Waals surface area contributed by atoms with Crippen LogP contribution < -0.4 is 0 Å². The SMILES string of the molecule is Cc1nc2ccccn2c1C(=O)N(C)C. The molecule has 0 aromatic carbocycles. The van der Waals surface area contributed by atoms with E-state index in [0.717, 1.165) is 11.3 Å². The third-order valence-corrected chi connectivity index (χ3v) is 2.31. The number of carbonyl (C=O) groups excluding carboxylic acids is 1. The largest absolute Gasteiger partial charge is 0.343 e. The number of pyridine rings is 1. The Bertz CT molecular complexity index is 514. The number of aromatic nitrogens is 2. The molecular formula is C11H13N3O. The number of amides is 1. The fourth-order valence-electron chi connectivity index (χ4n) is 1.58. The number of aryl methyl sites for hydroxylation is 1. The van der Waals surface area contributed by atoms with E-state index in [0.29, 0.717) is 5.69 Å². The quantitative estimate of drug-likeness (QED) is 0.701. The molecule has 2 aromatic heterocycles. The van der Waals surface area contributed by atoms with Gasteiger partial charge >= 0.3 is 0 Å². The van der Waals surface area contributed by atoms with E-state index in [1.54, 1.807) is 19.0 Å². The van der Waals surface area contributed by atoms with Gasteiger partial charge in [0, 0.05) is 20.3 Å². The maximum Gasteiger partial charge on any atom is 0.272 e. The first-order chi connectivity index (χ1) is 7.11. The first-order valence-corrected chi connectivity index (χ1v) is 4.76. The van der Waals surface area contributed by atoms with Gasteiger partial charge in [0.05, 0.1) is 5.69 Å². The van der Waals surface area contributed by atoms with Gasteiger partial charge in [-0.15, -0.1) is 0 Å². The molecule has 78 valence electrons. The maximum absolute atomic E-state index is 11.9. The van der Waals surface area contributed by atoms with Gasteiger partial charge in [-0.1, -0.05) is 6.07 Å². The second kappa shape index (κ2) is 3.38. The van der Waals surface area contributed by atoms with Crippen molar-refractivity contribution in [1.29, 1.82) is 0 Å². The van der Waals surface area contributed by atoms with Gasteiger partial charge in [0.25, 0.3) is 5.91 Å². The molecule has 4 nitrogen and oxygen atoms in total. The molecule has 0 saturated carbocycles. The van der Waals surface area contributed by atoms with Crippen molar-refractivity contribution < 1.29 is 4.79 Å². The van der Waals surface area contributed by atoms with E-state index in [9.17, 15) is 4.79 Å². The maximum atomic E-state index is 11.9. The minimum Gasteiger partial charge on any atom is -0.343 e. The minimum absolute atomic E-state index is 0.0220. The van der Waals surface area contributed by atoms with Crippen LogP contribution in [-0.2, 0) is 0 Å². The Labute approximate surface area is 88.2 Å². The second-order valence-corrected chi connectivity index (χ2v) is 3.67. The van der Waals surface area contributed by atoms with Crippen LogP contribution in [0.25, 0.3) is 5.65 Å². The number of imidazole rings is 1. The summed E-state index contributed by atoms with van der Waals surface area (Å²) in [6.07, 6.45) is 1.85. The van der Waals surface area contributed by atoms with Gasteiger partial charge in [0.1, 0.15) is 11.3 Å². The number of rotatable bonds is 1. The van der Waals surface area contributed by atoms with Crippen molar-refractivity contribution in [2.24, 2.45) is 0 Å². The van der Waals surface area contributed by atoms with Crippen LogP contribution >= 0.6 is 0 Å². The summed E-state index contributed by atoms with van der Waals surface area (Å²) in [7, 11) is 3.48. The third kappa shape index (κ3) is 1.48. The van der Waals surface area contributed by atoms with E-state index in [2.05, 4.69) is 4.98 Å². The lowest BCUT2D eigenvalue weighted by Gasteiger charge is -2.10. The lowest BCUT2D eigenvalue weighted by Crippen LogP contribution is -2.23. The Kier molecular flexibility index (Phi) is 2.19. The van der Waals surface area contributed by atoms with Crippen LogP contribution in [0, 0.1) is 6.92 Å². The fraction of sp³-hybridized carbons (Fsp3) is 0.273. The molecule has 0 aliphatic rings. The normalized spacial score (nSPS) is 10.6. The Hall–Kier alpha value is -1.84. The highest BCUT2D eigenvalue weighted by molar-refractivity contribution is 5.94. The molecule has 0 saturated heterocycles. The molecule has 2 aromatic rings. The van der Waals surface area contributed by atoms with E-state index < -0.39 is 0 Å². The molecular weight excluding hydrogens is 190 g/mol. The van der Waals surface area contributed by atoms with Crippen LogP contribution in [0.15, 0.2) is 24.4 Å². The van der Waals surface area contributed by atoms with E-state index in [-0.39, 0.29) is 5.91 Å². The summed E-state index contributed by atoms with van der Waals surface area (Å²) in [6.45, 7) is 1.85. The van der Waals surface area contributed by atoms with E-state index >= 15 is 0 Å². The van der Waals surface area contributed by atoms with Crippen LogP contribution in [0.5, 0.6) is 0 Å². The molecule has 0 N–H and O–H groups in total. The summed E-state index contributed by atoms with van der Waals surface area (Å²) in [5, 5.41) is 0. The lowest BCUT2D eigenvalue weighted by atomic mass is 10.3. The van der Waals surface area contributed by atoms with E-state index in [4.69, 9.17) is 0 Å². The first-order valence-electron chi connectivity index (χ1n) is 4.76. The Morgan fingerprint density at radius 3 is 2.80 bits per heavy atom. The minimum atomic E-state index is -0.0220. The first kappa shape index (κ1) is 9.71. The summed E-state index contributed by atoms with van der Waals surface area (Å²) in [4.78, 5) is 17.8. The van der Waals surface area contributed by atoms with Crippen molar-refractivity contribution in [3.8, 4) is 0 Å². The molecule has 2 heterocycles. The van der Waals surface area contributed by atoms with Gasteiger partial charge in [-0.3, -0.25) is 9.20 Å². The third-order valence-electron chi connectivity index (χ3n) is 2.31. The van der Waals surface area contributed by atoms with Crippen molar-refractivity contribution in [3.63, 3.8) is 0 Å². The molecule has 0 atom stereocenters. The van der Waals surface area contributed by atoms with Crippen molar-refractivity contribution in [1.82, 2.24) is 14.3 Å². The molecule has 0 aliphatic heterocycles. The van der Waals surface area contributed by atoms with Crippen molar-refractivity contribution in [3.05, 3.63) is 35.8 Å². The van der Waals surface area contributed by atoms with Gasteiger partial charge in [-0.05, 0) is 19.1 Å². The van der Waals surface area contributed by atoms with Crippen LogP contribution in [0.4, 0.5) is 0 Å². The molecule has 4 heteroatoms. The molecule has 0 aliphatic carbocycles. The molecule has 0 bridgehead atoms. The van der Waals surface area contributed by atoms with Crippen LogP contribution in [0.2, 0.25) is 0 Å². The predicted molar refractivity (Wildman–Crippen MR) is 57.9 cm³/mol. The molecule has 2 rings (SSSR count). The van der Waals surface area contributed by atoms with Gasteiger partial charge in [0.2, 0.25) is 0 Å². The molecule has 0 fully saturated rings. The second-order valence-electron chi connectivity index (χ2n) is 3.67. The van der Waals surface area contributed by atoms with Gasteiger partial charge in [-0.25, -0.2) is 4.98 Å². The molecule has 0 spiro atoms. The Morgan fingerprint density at radius 1 is 1.40 bits per heavy atom. The van der Waals surface area contributed by atoms with Gasteiger partial charge < -0.3 is 4.90 Å². The van der Waals surface area contributed by atoms with Crippen molar-refractivity contribution in [2.75, 3.05) is 14.1 Å². The van der Waals surface area contributed by atoms with Crippen LogP contribution in [0.3, 0.4) is 0 Å². The highest BCUT2D eigenvalue weighted by Crippen LogP contribution is 2.12. The van der Waals surface area contributed by atoms with E-state index in [1.807, 2.05) is 35.7 Å². The molecule has 0 unspecified atom stereocenters. The Morgan fingerprint density at radius 2 is 2.13 bits per heavy atom. The molecule has 0 radical (unpaired) electrons. The average Bonchev–Trinajstić information content (AvgIpc) is 2.52. The summed E-state index contributed by atoms with van der Waals surface area (Å²) in [5.74, 6) is -0.0220. The fourth-order valence-corrected chi connectivity index (χ4v) is 1.58. The van der Waals surface area contributed by atoms with Crippen molar-refractivity contribution >= 4 is 11.6 Å². The summed E-state index contributed by atoms with van der Waals surface area (Å²) in [6, 6.07) is 5.69. The van der Waals surface area contributed by atoms with Gasteiger partial charge in [-0.2, -0.15) is 0 Å². The number of nitrogens with zero attached hydrogens (tertiary/aromatic N) is 3. The standard InChI is InChI=1S/C11H13N3O/c1-8-10(11(15)13(2)3)14-7-5-4-6-9(14)12-8/h4-7H,1-3H3. The Balaban J connectivity index is 2.69. The summed E-state index contributed by atoms with van der Waals surface area (Å²) < 4.78 is 1.82. The predicted octanol–water partition coefficient (Wildman–Crippen LogP) is 1.34. The average molecular weight is 203 g/mol.